The molecule has 0 saturated heterocycles. The van der Waals surface area contributed by atoms with Gasteiger partial charge in [-0.3, -0.25) is 9.36 Å². The van der Waals surface area contributed by atoms with Crippen molar-refractivity contribution < 1.29 is 0 Å². The number of hydrogen-bond donors (Lipinski definition) is 1. The van der Waals surface area contributed by atoms with E-state index in [1.807, 2.05) is 38.6 Å². The lowest BCUT2D eigenvalue weighted by atomic mass is 10.1. The fraction of sp³-hybridized carbons (Fsp3) is 0.400. The Bertz CT molecular complexity index is 442. The molecule has 0 aromatic carbocycles. The highest BCUT2D eigenvalue weighted by atomic mass is 15.3. The van der Waals surface area contributed by atoms with Crippen LogP contribution in [0.1, 0.15) is 17.4 Å². The normalized spacial score (nSPS) is 13.0. The molecule has 2 heterocycles. The Kier molecular flexibility index (Phi) is 2.55. The van der Waals surface area contributed by atoms with E-state index < -0.39 is 0 Å². The number of aryl methyl sites for hydroxylation is 2. The van der Waals surface area contributed by atoms with Crippen molar-refractivity contribution in [1.29, 1.82) is 0 Å². The molecule has 2 rings (SSSR count). The highest BCUT2D eigenvalue weighted by molar-refractivity contribution is 5.10. The summed E-state index contributed by atoms with van der Waals surface area (Å²) in [6.07, 6.45) is 4.53. The summed E-state index contributed by atoms with van der Waals surface area (Å²) in [7, 11) is 3.78. The molecule has 2 aromatic heterocycles. The van der Waals surface area contributed by atoms with Crippen molar-refractivity contribution in [3.05, 3.63) is 35.9 Å². The maximum Gasteiger partial charge on any atom is 0.0795 e. The monoisotopic (exact) mass is 205 g/mol. The van der Waals surface area contributed by atoms with Gasteiger partial charge in [0.25, 0.3) is 0 Å². The van der Waals surface area contributed by atoms with Crippen LogP contribution in [0, 0.1) is 0 Å². The van der Waals surface area contributed by atoms with Crippen LogP contribution in [-0.4, -0.2) is 19.6 Å². The first kappa shape index (κ1) is 9.92. The van der Waals surface area contributed by atoms with Crippen LogP contribution in [0.3, 0.4) is 0 Å². The molecule has 0 aliphatic heterocycles. The molecule has 15 heavy (non-hydrogen) atoms. The zero-order valence-corrected chi connectivity index (χ0v) is 8.96. The van der Waals surface area contributed by atoms with Crippen molar-refractivity contribution >= 4 is 0 Å². The second-order valence-corrected chi connectivity index (χ2v) is 3.71. The van der Waals surface area contributed by atoms with E-state index in [1.54, 1.807) is 9.36 Å². The fourth-order valence-corrected chi connectivity index (χ4v) is 1.53. The van der Waals surface area contributed by atoms with Crippen LogP contribution in [0.2, 0.25) is 0 Å². The summed E-state index contributed by atoms with van der Waals surface area (Å²) < 4.78 is 3.54. The van der Waals surface area contributed by atoms with Gasteiger partial charge in [0, 0.05) is 32.9 Å². The lowest BCUT2D eigenvalue weighted by molar-refractivity contribution is 0.637. The van der Waals surface area contributed by atoms with E-state index in [-0.39, 0.29) is 6.04 Å². The Hall–Kier alpha value is -1.62. The number of aromatic nitrogens is 4. The maximum absolute atomic E-state index is 6.02. The summed E-state index contributed by atoms with van der Waals surface area (Å²) in [6, 6.07) is 3.83. The third-order valence-corrected chi connectivity index (χ3v) is 2.31. The Balaban J connectivity index is 2.06. The topological polar surface area (TPSA) is 61.7 Å². The molecule has 0 spiro atoms. The van der Waals surface area contributed by atoms with Crippen molar-refractivity contribution in [2.75, 3.05) is 0 Å². The van der Waals surface area contributed by atoms with E-state index in [0.29, 0.717) is 0 Å². The van der Waals surface area contributed by atoms with Crippen LogP contribution in [0.4, 0.5) is 0 Å². The molecule has 1 atom stereocenters. The average Bonchev–Trinajstić information content (AvgIpc) is 2.75. The van der Waals surface area contributed by atoms with Crippen LogP contribution in [-0.2, 0) is 20.5 Å². The number of hydrogen-bond acceptors (Lipinski definition) is 3. The minimum absolute atomic E-state index is 0.0823. The molecule has 0 fully saturated rings. The van der Waals surface area contributed by atoms with Crippen molar-refractivity contribution in [2.45, 2.75) is 12.5 Å². The van der Waals surface area contributed by atoms with Crippen LogP contribution in [0.5, 0.6) is 0 Å². The van der Waals surface area contributed by atoms with Crippen molar-refractivity contribution in [3.8, 4) is 0 Å². The summed E-state index contributed by atoms with van der Waals surface area (Å²) in [6.45, 7) is 0. The van der Waals surface area contributed by atoms with Crippen LogP contribution >= 0.6 is 0 Å². The predicted octanol–water partition coefficient (Wildman–Crippen LogP) is 0.396. The largest absolute Gasteiger partial charge is 0.322 e. The SMILES string of the molecule is Cn1ccc(CC(N)c2ccn(C)n2)n1. The van der Waals surface area contributed by atoms with Gasteiger partial charge in [-0.15, -0.1) is 0 Å². The molecule has 1 unspecified atom stereocenters. The van der Waals surface area contributed by atoms with Gasteiger partial charge in [0.15, 0.2) is 0 Å². The Morgan fingerprint density at radius 2 is 1.87 bits per heavy atom. The molecule has 0 amide bonds. The first-order chi connectivity index (χ1) is 7.15. The average molecular weight is 205 g/mol. The van der Waals surface area contributed by atoms with E-state index in [4.69, 9.17) is 5.73 Å². The third-order valence-electron chi connectivity index (χ3n) is 2.31. The van der Waals surface area contributed by atoms with Gasteiger partial charge >= 0.3 is 0 Å². The third kappa shape index (κ3) is 2.24. The standard InChI is InChI=1S/C10H15N5/c1-14-5-3-8(12-14)7-9(11)10-4-6-15(2)13-10/h3-6,9H,7,11H2,1-2H3. The lowest BCUT2D eigenvalue weighted by Gasteiger charge is -2.05. The first-order valence-electron chi connectivity index (χ1n) is 4.89. The second-order valence-electron chi connectivity index (χ2n) is 3.71. The maximum atomic E-state index is 6.02. The summed E-state index contributed by atoms with van der Waals surface area (Å²) in [5.74, 6) is 0. The van der Waals surface area contributed by atoms with Gasteiger partial charge in [0.2, 0.25) is 0 Å². The smallest absolute Gasteiger partial charge is 0.0795 e. The van der Waals surface area contributed by atoms with Gasteiger partial charge in [-0.05, 0) is 12.1 Å². The van der Waals surface area contributed by atoms with Gasteiger partial charge in [-0.1, -0.05) is 0 Å². The van der Waals surface area contributed by atoms with Gasteiger partial charge in [0.05, 0.1) is 17.4 Å². The molecule has 5 nitrogen and oxygen atoms in total. The van der Waals surface area contributed by atoms with Gasteiger partial charge in [-0.25, -0.2) is 0 Å². The van der Waals surface area contributed by atoms with E-state index in [9.17, 15) is 0 Å². The summed E-state index contributed by atoms with van der Waals surface area (Å²) in [4.78, 5) is 0. The summed E-state index contributed by atoms with van der Waals surface area (Å²) in [5.41, 5.74) is 7.93. The van der Waals surface area contributed by atoms with Crippen molar-refractivity contribution in [1.82, 2.24) is 19.6 Å². The van der Waals surface area contributed by atoms with Crippen LogP contribution in [0.25, 0.3) is 0 Å². The van der Waals surface area contributed by atoms with E-state index in [0.717, 1.165) is 17.8 Å². The molecule has 0 saturated carbocycles. The molecule has 0 aliphatic carbocycles. The Labute approximate surface area is 88.5 Å². The molecule has 2 aromatic rings. The van der Waals surface area contributed by atoms with E-state index >= 15 is 0 Å². The van der Waals surface area contributed by atoms with E-state index in [1.165, 1.54) is 0 Å². The Morgan fingerprint density at radius 1 is 1.20 bits per heavy atom. The Morgan fingerprint density at radius 3 is 2.40 bits per heavy atom. The molecule has 5 heteroatoms. The fourth-order valence-electron chi connectivity index (χ4n) is 1.53. The molecular weight excluding hydrogens is 190 g/mol. The minimum atomic E-state index is -0.0823. The summed E-state index contributed by atoms with van der Waals surface area (Å²) in [5, 5.41) is 8.56. The quantitative estimate of drug-likeness (QED) is 0.788. The molecule has 0 aliphatic rings. The van der Waals surface area contributed by atoms with Gasteiger partial charge < -0.3 is 5.73 Å². The molecule has 2 N–H and O–H groups in total. The molecule has 0 radical (unpaired) electrons. The number of nitrogens with two attached hydrogens (primary N) is 1. The second kappa shape index (κ2) is 3.86. The zero-order chi connectivity index (χ0) is 10.8. The highest BCUT2D eigenvalue weighted by Gasteiger charge is 2.11. The number of nitrogens with zero attached hydrogens (tertiary/aromatic N) is 4. The van der Waals surface area contributed by atoms with Crippen LogP contribution < -0.4 is 5.73 Å². The lowest BCUT2D eigenvalue weighted by Crippen LogP contribution is -2.14. The summed E-state index contributed by atoms with van der Waals surface area (Å²) >= 11 is 0. The van der Waals surface area contributed by atoms with Crippen molar-refractivity contribution in [2.24, 2.45) is 19.8 Å². The molecule has 0 bridgehead atoms. The number of rotatable bonds is 3. The van der Waals surface area contributed by atoms with Crippen LogP contribution in [0.15, 0.2) is 24.5 Å². The van der Waals surface area contributed by atoms with Gasteiger partial charge in [-0.2, -0.15) is 10.2 Å². The first-order valence-corrected chi connectivity index (χ1v) is 4.89. The predicted molar refractivity (Wildman–Crippen MR) is 57.0 cm³/mol. The molecule has 80 valence electrons. The van der Waals surface area contributed by atoms with Gasteiger partial charge in [0.1, 0.15) is 0 Å². The minimum Gasteiger partial charge on any atom is -0.322 e. The van der Waals surface area contributed by atoms with Crippen molar-refractivity contribution in [3.63, 3.8) is 0 Å². The molecular formula is C10H15N5. The zero-order valence-electron chi connectivity index (χ0n) is 8.96. The highest BCUT2D eigenvalue weighted by Crippen LogP contribution is 2.12. The van der Waals surface area contributed by atoms with E-state index in [2.05, 4.69) is 10.2 Å².